The van der Waals surface area contributed by atoms with Crippen molar-refractivity contribution in [3.63, 3.8) is 0 Å². The third-order valence-corrected chi connectivity index (χ3v) is 6.60. The molecule has 7 nitrogen and oxygen atoms in total. The van der Waals surface area contributed by atoms with E-state index in [1.54, 1.807) is 50.3 Å². The van der Waals surface area contributed by atoms with Crippen LogP contribution in [-0.2, 0) is 20.9 Å². The summed E-state index contributed by atoms with van der Waals surface area (Å²) in [5.74, 6) is -0.421. The lowest BCUT2D eigenvalue weighted by Gasteiger charge is -2.13. The quantitative estimate of drug-likeness (QED) is 0.345. The van der Waals surface area contributed by atoms with Crippen molar-refractivity contribution in [1.29, 1.82) is 0 Å². The minimum atomic E-state index is -0.741. The predicted molar refractivity (Wildman–Crippen MR) is 143 cm³/mol. The molecule has 0 aromatic heterocycles. The summed E-state index contributed by atoms with van der Waals surface area (Å²) in [6.07, 6.45) is 1.84. The summed E-state index contributed by atoms with van der Waals surface area (Å²) in [6, 6.07) is 10.5. The van der Waals surface area contributed by atoms with Gasteiger partial charge >= 0.3 is 5.97 Å². The fourth-order valence-electron chi connectivity index (χ4n) is 3.13. The molecule has 0 bridgehead atoms. The van der Waals surface area contributed by atoms with Crippen LogP contribution < -0.4 is 9.47 Å². The molecule has 0 radical (unpaired) electrons. The molecule has 0 aliphatic carbocycles. The number of carbonyl (C=O) groups excluding carboxylic acids is 2. The average Bonchev–Trinajstić information content (AvgIpc) is 3.15. The maximum Gasteiger partial charge on any atom is 0.344 e. The van der Waals surface area contributed by atoms with Crippen LogP contribution in [0.1, 0.15) is 38.3 Å². The molecule has 2 aromatic carbocycles. The SMILES string of the molecule is CCOC(=O)C1=C(O)/C(=C/c2ccc(OCc3ccc(Cl)c(Cl)c3)c(OCC)c2)SC1=NC(=O)CC. The summed E-state index contributed by atoms with van der Waals surface area (Å²) in [6.45, 7) is 5.96. The Morgan fingerprint density at radius 1 is 1.00 bits per heavy atom. The number of aliphatic hydroxyl groups excluding tert-OH is 1. The third kappa shape index (κ3) is 6.84. The first kappa shape index (κ1) is 27.6. The highest BCUT2D eigenvalue weighted by atomic mass is 35.5. The minimum absolute atomic E-state index is 0.107. The number of nitrogens with zero attached hydrogens (tertiary/aromatic N) is 1. The van der Waals surface area contributed by atoms with Crippen LogP contribution in [0.5, 0.6) is 11.5 Å². The molecule has 0 spiro atoms. The highest BCUT2D eigenvalue weighted by Gasteiger charge is 2.33. The number of ether oxygens (including phenoxy) is 3. The van der Waals surface area contributed by atoms with Gasteiger partial charge in [-0.1, -0.05) is 54.0 Å². The first-order valence-corrected chi connectivity index (χ1v) is 12.8. The van der Waals surface area contributed by atoms with Crippen LogP contribution in [-0.4, -0.2) is 35.2 Å². The van der Waals surface area contributed by atoms with Crippen molar-refractivity contribution in [3.8, 4) is 11.5 Å². The molecule has 1 heterocycles. The molecular weight excluding hydrogens is 525 g/mol. The van der Waals surface area contributed by atoms with Gasteiger partial charge in [-0.05, 0) is 55.3 Å². The monoisotopic (exact) mass is 549 g/mol. The zero-order chi connectivity index (χ0) is 26.2. The fraction of sp³-hybridized carbons (Fsp3) is 0.269. The number of halogens is 2. The summed E-state index contributed by atoms with van der Waals surface area (Å²) in [7, 11) is 0. The van der Waals surface area contributed by atoms with Gasteiger partial charge in [-0.25, -0.2) is 9.79 Å². The Bertz CT molecular complexity index is 1250. The number of esters is 1. The summed E-state index contributed by atoms with van der Waals surface area (Å²) < 4.78 is 16.7. The van der Waals surface area contributed by atoms with E-state index in [1.165, 1.54) is 0 Å². The van der Waals surface area contributed by atoms with Gasteiger partial charge in [0.2, 0.25) is 5.91 Å². The Morgan fingerprint density at radius 3 is 2.44 bits per heavy atom. The Balaban J connectivity index is 1.90. The maximum atomic E-state index is 12.4. The van der Waals surface area contributed by atoms with E-state index in [2.05, 4.69) is 4.99 Å². The van der Waals surface area contributed by atoms with E-state index in [1.807, 2.05) is 13.0 Å². The highest BCUT2D eigenvalue weighted by molar-refractivity contribution is 8.18. The molecule has 0 saturated heterocycles. The highest BCUT2D eigenvalue weighted by Crippen LogP contribution is 2.40. The number of hydrogen-bond donors (Lipinski definition) is 1. The number of rotatable bonds is 9. The van der Waals surface area contributed by atoms with Gasteiger partial charge in [0.05, 0.1) is 28.2 Å². The van der Waals surface area contributed by atoms with E-state index < -0.39 is 11.9 Å². The number of carbonyl (C=O) groups is 2. The van der Waals surface area contributed by atoms with Crippen molar-refractivity contribution < 1.29 is 28.9 Å². The van der Waals surface area contributed by atoms with E-state index in [4.69, 9.17) is 37.4 Å². The van der Waals surface area contributed by atoms with Gasteiger partial charge in [0, 0.05) is 6.42 Å². The molecule has 0 saturated carbocycles. The Labute approximate surface area is 223 Å². The number of aliphatic imine (C=N–C) groups is 1. The smallest absolute Gasteiger partial charge is 0.344 e. The van der Waals surface area contributed by atoms with Crippen LogP contribution in [0.25, 0.3) is 6.08 Å². The van der Waals surface area contributed by atoms with Crippen molar-refractivity contribution in [3.05, 3.63) is 73.8 Å². The zero-order valence-electron chi connectivity index (χ0n) is 20.0. The van der Waals surface area contributed by atoms with E-state index in [0.29, 0.717) is 38.6 Å². The standard InChI is InChI=1S/C26H25Cl2NO6S/c1-4-22(30)29-25-23(26(32)34-6-3)24(31)21(36-25)13-15-8-10-19(20(12-15)33-5-2)35-14-16-7-9-17(27)18(28)11-16/h7-13,31H,4-6,14H2,1-3H3/b21-13-,29-25?. The third-order valence-electron chi connectivity index (χ3n) is 4.84. The van der Waals surface area contributed by atoms with Crippen molar-refractivity contribution >= 4 is 58.0 Å². The molecular formula is C26H25Cl2NO6S. The molecule has 1 aliphatic heterocycles. The second-order valence-corrected chi connectivity index (χ2v) is 9.24. The summed E-state index contributed by atoms with van der Waals surface area (Å²) in [5.41, 5.74) is 1.40. The lowest BCUT2D eigenvalue weighted by atomic mass is 10.1. The van der Waals surface area contributed by atoms with Gasteiger partial charge in [-0.2, -0.15) is 0 Å². The second-order valence-electron chi connectivity index (χ2n) is 7.40. The van der Waals surface area contributed by atoms with Gasteiger partial charge < -0.3 is 19.3 Å². The van der Waals surface area contributed by atoms with Crippen LogP contribution in [0, 0.1) is 0 Å². The normalized spacial score (nSPS) is 15.5. The number of benzene rings is 2. The van der Waals surface area contributed by atoms with E-state index >= 15 is 0 Å². The van der Waals surface area contributed by atoms with E-state index in [-0.39, 0.29) is 36.0 Å². The van der Waals surface area contributed by atoms with E-state index in [9.17, 15) is 14.7 Å². The number of amides is 1. The Kier molecular flexibility index (Phi) is 9.87. The molecule has 190 valence electrons. The minimum Gasteiger partial charge on any atom is -0.506 e. The molecule has 1 aliphatic rings. The largest absolute Gasteiger partial charge is 0.506 e. The first-order valence-electron chi connectivity index (χ1n) is 11.2. The van der Waals surface area contributed by atoms with Gasteiger partial charge in [-0.3, -0.25) is 4.79 Å². The van der Waals surface area contributed by atoms with Gasteiger partial charge in [-0.15, -0.1) is 0 Å². The molecule has 1 amide bonds. The fourth-order valence-corrected chi connectivity index (χ4v) is 4.48. The summed E-state index contributed by atoms with van der Waals surface area (Å²) in [5, 5.41) is 11.8. The topological polar surface area (TPSA) is 94.4 Å². The predicted octanol–water partition coefficient (Wildman–Crippen LogP) is 6.77. The van der Waals surface area contributed by atoms with Crippen LogP contribution in [0.2, 0.25) is 10.0 Å². The molecule has 36 heavy (non-hydrogen) atoms. The van der Waals surface area contributed by atoms with Crippen LogP contribution in [0.15, 0.2) is 57.6 Å². The van der Waals surface area contributed by atoms with Gasteiger partial charge in [0.1, 0.15) is 23.0 Å². The van der Waals surface area contributed by atoms with Crippen molar-refractivity contribution in [2.45, 2.75) is 33.8 Å². The van der Waals surface area contributed by atoms with E-state index in [0.717, 1.165) is 17.3 Å². The Hall–Kier alpha value is -2.94. The first-order chi connectivity index (χ1) is 17.3. The second kappa shape index (κ2) is 12.9. The zero-order valence-corrected chi connectivity index (χ0v) is 22.3. The van der Waals surface area contributed by atoms with Crippen molar-refractivity contribution in [1.82, 2.24) is 0 Å². The molecule has 10 heteroatoms. The van der Waals surface area contributed by atoms with Gasteiger partial charge in [0.25, 0.3) is 0 Å². The molecule has 0 unspecified atom stereocenters. The van der Waals surface area contributed by atoms with Crippen molar-refractivity contribution in [2.75, 3.05) is 13.2 Å². The lowest BCUT2D eigenvalue weighted by Crippen LogP contribution is -2.14. The maximum absolute atomic E-state index is 12.4. The number of aliphatic hydroxyl groups is 1. The number of hydrogen-bond acceptors (Lipinski definition) is 7. The van der Waals surface area contributed by atoms with Crippen LogP contribution >= 0.6 is 35.0 Å². The molecule has 3 rings (SSSR count). The van der Waals surface area contributed by atoms with Crippen LogP contribution in [0.4, 0.5) is 0 Å². The molecule has 2 aromatic rings. The molecule has 1 N–H and O–H groups in total. The summed E-state index contributed by atoms with van der Waals surface area (Å²) in [4.78, 5) is 28.6. The van der Waals surface area contributed by atoms with Gasteiger partial charge in [0.15, 0.2) is 11.5 Å². The summed E-state index contributed by atoms with van der Waals surface area (Å²) >= 11 is 13.1. The van der Waals surface area contributed by atoms with Crippen molar-refractivity contribution in [2.24, 2.45) is 4.99 Å². The Morgan fingerprint density at radius 2 is 1.78 bits per heavy atom. The van der Waals surface area contributed by atoms with Crippen LogP contribution in [0.3, 0.4) is 0 Å². The average molecular weight is 550 g/mol. The molecule has 0 fully saturated rings. The lowest BCUT2D eigenvalue weighted by molar-refractivity contribution is -0.138. The molecule has 0 atom stereocenters. The number of thioether (sulfide) groups is 1.